The van der Waals surface area contributed by atoms with Gasteiger partial charge in [0.1, 0.15) is 11.8 Å². The molecule has 2 aromatic carbocycles. The number of ether oxygens (including phenoxy) is 3. The normalized spacial score (nSPS) is 15.6. The zero-order valence-corrected chi connectivity index (χ0v) is 19.5. The zero-order chi connectivity index (χ0) is 24.0. The van der Waals surface area contributed by atoms with Gasteiger partial charge in [-0.15, -0.1) is 6.58 Å². The van der Waals surface area contributed by atoms with Gasteiger partial charge in [-0.2, -0.15) is 0 Å². The Bertz CT molecular complexity index is 1010. The molecular weight excluding hydrogens is 422 g/mol. The van der Waals surface area contributed by atoms with Gasteiger partial charge in [-0.05, 0) is 54.3 Å². The van der Waals surface area contributed by atoms with E-state index in [1.807, 2.05) is 36.4 Å². The number of amides is 3. The van der Waals surface area contributed by atoms with Crippen molar-refractivity contribution in [1.82, 2.24) is 15.5 Å². The third-order valence-corrected chi connectivity index (χ3v) is 5.72. The van der Waals surface area contributed by atoms with Crippen molar-refractivity contribution in [2.75, 3.05) is 34.4 Å². The second-order valence-electron chi connectivity index (χ2n) is 7.73. The number of hydrogen-bond donors (Lipinski definition) is 2. The Hall–Kier alpha value is -3.68. The van der Waals surface area contributed by atoms with Crippen LogP contribution in [0.5, 0.6) is 17.2 Å². The van der Waals surface area contributed by atoms with E-state index >= 15 is 0 Å². The average Bonchev–Trinajstić information content (AvgIpc) is 2.85. The molecule has 0 saturated heterocycles. The summed E-state index contributed by atoms with van der Waals surface area (Å²) in [7, 11) is 4.80. The van der Waals surface area contributed by atoms with Gasteiger partial charge in [0.25, 0.3) is 0 Å². The molecule has 0 aliphatic carbocycles. The molecule has 8 nitrogen and oxygen atoms in total. The molecule has 2 N–H and O–H groups in total. The summed E-state index contributed by atoms with van der Waals surface area (Å²) in [5.74, 6) is 1.70. The van der Waals surface area contributed by atoms with Crippen LogP contribution in [0, 0.1) is 0 Å². The fourth-order valence-electron chi connectivity index (χ4n) is 3.97. The minimum Gasteiger partial charge on any atom is -0.497 e. The fourth-order valence-corrected chi connectivity index (χ4v) is 3.97. The predicted octanol–water partition coefficient (Wildman–Crippen LogP) is 3.06. The van der Waals surface area contributed by atoms with Crippen LogP contribution in [0.15, 0.2) is 49.1 Å². The number of carbonyl (C=O) groups is 2. The Morgan fingerprint density at radius 3 is 2.39 bits per heavy atom. The number of hydrogen-bond acceptors (Lipinski definition) is 5. The quantitative estimate of drug-likeness (QED) is 0.600. The SMILES string of the molecule is C=CCNC(=O)C(C)NC(=O)N1CCc2cc(OC)c(OC)cc2C1c1ccc(OC)cc1. The second-order valence-corrected chi connectivity index (χ2v) is 7.73. The molecular formula is C25H31N3O5. The summed E-state index contributed by atoms with van der Waals surface area (Å²) in [6.45, 7) is 6.07. The number of carbonyl (C=O) groups excluding carboxylic acids is 2. The van der Waals surface area contributed by atoms with E-state index in [1.54, 1.807) is 39.2 Å². The largest absolute Gasteiger partial charge is 0.497 e. The lowest BCUT2D eigenvalue weighted by molar-refractivity contribution is -0.122. The van der Waals surface area contributed by atoms with E-state index in [0.717, 1.165) is 22.4 Å². The summed E-state index contributed by atoms with van der Waals surface area (Å²) in [6, 6.07) is 10.1. The van der Waals surface area contributed by atoms with E-state index in [-0.39, 0.29) is 18.0 Å². The maximum absolute atomic E-state index is 13.3. The van der Waals surface area contributed by atoms with Gasteiger partial charge < -0.3 is 29.7 Å². The van der Waals surface area contributed by atoms with Gasteiger partial charge in [0.05, 0.1) is 27.4 Å². The molecule has 0 fully saturated rings. The van der Waals surface area contributed by atoms with Crippen LogP contribution in [-0.2, 0) is 11.2 Å². The van der Waals surface area contributed by atoms with Crippen molar-refractivity contribution < 1.29 is 23.8 Å². The molecule has 3 rings (SSSR count). The Morgan fingerprint density at radius 1 is 1.12 bits per heavy atom. The van der Waals surface area contributed by atoms with Crippen LogP contribution in [0.3, 0.4) is 0 Å². The number of methoxy groups -OCH3 is 3. The van der Waals surface area contributed by atoms with Gasteiger partial charge in [0.2, 0.25) is 5.91 Å². The van der Waals surface area contributed by atoms with Gasteiger partial charge in [-0.3, -0.25) is 4.79 Å². The van der Waals surface area contributed by atoms with Crippen LogP contribution in [0.2, 0.25) is 0 Å². The average molecular weight is 454 g/mol. The lowest BCUT2D eigenvalue weighted by Crippen LogP contribution is -2.52. The van der Waals surface area contributed by atoms with Crippen molar-refractivity contribution in [2.24, 2.45) is 0 Å². The topological polar surface area (TPSA) is 89.1 Å². The highest BCUT2D eigenvalue weighted by Gasteiger charge is 2.34. The summed E-state index contributed by atoms with van der Waals surface area (Å²) in [5.41, 5.74) is 2.94. The molecule has 1 aliphatic rings. The number of rotatable bonds is 8. The minimum atomic E-state index is -0.694. The molecule has 8 heteroatoms. The highest BCUT2D eigenvalue weighted by molar-refractivity contribution is 5.87. The summed E-state index contributed by atoms with van der Waals surface area (Å²) >= 11 is 0. The van der Waals surface area contributed by atoms with Crippen molar-refractivity contribution in [2.45, 2.75) is 25.4 Å². The number of nitrogens with one attached hydrogen (secondary N) is 2. The molecule has 0 bridgehead atoms. The minimum absolute atomic E-state index is 0.270. The molecule has 1 heterocycles. The molecule has 0 saturated carbocycles. The van der Waals surface area contributed by atoms with Crippen molar-refractivity contribution in [3.63, 3.8) is 0 Å². The van der Waals surface area contributed by atoms with Crippen LogP contribution < -0.4 is 24.8 Å². The van der Waals surface area contributed by atoms with Crippen molar-refractivity contribution >= 4 is 11.9 Å². The van der Waals surface area contributed by atoms with E-state index in [9.17, 15) is 9.59 Å². The van der Waals surface area contributed by atoms with Crippen LogP contribution in [-0.4, -0.2) is 57.3 Å². The summed E-state index contributed by atoms with van der Waals surface area (Å²) in [6.07, 6.45) is 2.24. The molecule has 2 aromatic rings. The molecule has 0 spiro atoms. The molecule has 33 heavy (non-hydrogen) atoms. The first kappa shape index (κ1) is 24.0. The Labute approximate surface area is 194 Å². The van der Waals surface area contributed by atoms with E-state index in [1.165, 1.54) is 0 Å². The van der Waals surface area contributed by atoms with E-state index in [0.29, 0.717) is 31.0 Å². The summed E-state index contributed by atoms with van der Waals surface area (Å²) < 4.78 is 16.3. The maximum Gasteiger partial charge on any atom is 0.318 e. The van der Waals surface area contributed by atoms with Gasteiger partial charge >= 0.3 is 6.03 Å². The Kier molecular flexibility index (Phi) is 7.82. The Balaban J connectivity index is 1.98. The molecule has 2 atom stereocenters. The predicted molar refractivity (Wildman–Crippen MR) is 126 cm³/mol. The fraction of sp³-hybridized carbons (Fsp3) is 0.360. The molecule has 176 valence electrons. The first-order valence-electron chi connectivity index (χ1n) is 10.8. The molecule has 0 aromatic heterocycles. The summed E-state index contributed by atoms with van der Waals surface area (Å²) in [4.78, 5) is 27.3. The van der Waals surface area contributed by atoms with Crippen molar-refractivity contribution in [3.8, 4) is 17.2 Å². The number of nitrogens with zero attached hydrogens (tertiary/aromatic N) is 1. The smallest absolute Gasteiger partial charge is 0.318 e. The van der Waals surface area contributed by atoms with Crippen LogP contribution in [0.1, 0.15) is 29.7 Å². The van der Waals surface area contributed by atoms with Gasteiger partial charge in [0, 0.05) is 13.1 Å². The van der Waals surface area contributed by atoms with E-state index in [2.05, 4.69) is 17.2 Å². The Morgan fingerprint density at radius 2 is 1.79 bits per heavy atom. The highest BCUT2D eigenvalue weighted by atomic mass is 16.5. The standard InChI is InChI=1S/C25H31N3O5/c1-6-12-26-24(29)16(2)27-25(30)28-13-11-18-14-21(32-4)22(33-5)15-20(18)23(28)17-7-9-19(31-3)10-8-17/h6-10,14-16,23H,1,11-13H2,2-5H3,(H,26,29)(H,27,30). The molecule has 1 aliphatic heterocycles. The maximum atomic E-state index is 13.3. The summed E-state index contributed by atoms with van der Waals surface area (Å²) in [5, 5.41) is 5.53. The first-order chi connectivity index (χ1) is 15.9. The van der Waals surface area contributed by atoms with Gasteiger partial charge in [-0.1, -0.05) is 18.2 Å². The van der Waals surface area contributed by atoms with Crippen molar-refractivity contribution in [1.29, 1.82) is 0 Å². The number of fused-ring (bicyclic) bond motifs is 1. The third kappa shape index (κ3) is 5.22. The van der Waals surface area contributed by atoms with Crippen LogP contribution in [0.4, 0.5) is 4.79 Å². The van der Waals surface area contributed by atoms with Gasteiger partial charge in [-0.25, -0.2) is 4.79 Å². The highest BCUT2D eigenvalue weighted by Crippen LogP contribution is 2.41. The molecule has 2 unspecified atom stereocenters. The molecule has 0 radical (unpaired) electrons. The van der Waals surface area contributed by atoms with Crippen molar-refractivity contribution in [3.05, 3.63) is 65.7 Å². The monoisotopic (exact) mass is 453 g/mol. The lowest BCUT2D eigenvalue weighted by Gasteiger charge is -2.38. The second kappa shape index (κ2) is 10.8. The number of benzene rings is 2. The molecule has 3 amide bonds. The first-order valence-corrected chi connectivity index (χ1v) is 10.8. The number of urea groups is 1. The third-order valence-electron chi connectivity index (χ3n) is 5.72. The zero-order valence-electron chi connectivity index (χ0n) is 19.5. The van der Waals surface area contributed by atoms with Gasteiger partial charge in [0.15, 0.2) is 11.5 Å². The van der Waals surface area contributed by atoms with E-state index in [4.69, 9.17) is 14.2 Å². The van der Waals surface area contributed by atoms with Crippen LogP contribution >= 0.6 is 0 Å². The van der Waals surface area contributed by atoms with E-state index < -0.39 is 6.04 Å². The lowest BCUT2D eigenvalue weighted by atomic mass is 9.87. The van der Waals surface area contributed by atoms with Crippen LogP contribution in [0.25, 0.3) is 0 Å².